The Morgan fingerprint density at radius 2 is 2.11 bits per heavy atom. The summed E-state index contributed by atoms with van der Waals surface area (Å²) in [4.78, 5) is 22.5. The van der Waals surface area contributed by atoms with Crippen LogP contribution in [0.5, 0.6) is 0 Å². The van der Waals surface area contributed by atoms with Crippen LogP contribution in [-0.4, -0.2) is 42.5 Å². The molecule has 1 heterocycles. The molecule has 0 spiro atoms. The first kappa shape index (κ1) is 14.8. The average Bonchev–Trinajstić information content (AvgIpc) is 2.24. The number of alkyl carbamates (subject to hydrolysis) is 1. The lowest BCUT2D eigenvalue weighted by atomic mass is 9.88. The second-order valence-electron chi connectivity index (χ2n) is 5.45. The molecule has 1 rings (SSSR count). The van der Waals surface area contributed by atoms with Gasteiger partial charge in [-0.2, -0.15) is 0 Å². The molecule has 6 nitrogen and oxygen atoms in total. The SMILES string of the molecule is CC(C)(C)OC(=O)NCC1COCCC1C(=O)O. The highest BCUT2D eigenvalue weighted by atomic mass is 16.6. The molecule has 1 saturated heterocycles. The minimum atomic E-state index is -0.839. The Morgan fingerprint density at radius 1 is 1.44 bits per heavy atom. The van der Waals surface area contributed by atoms with E-state index < -0.39 is 23.6 Å². The summed E-state index contributed by atoms with van der Waals surface area (Å²) in [5.74, 6) is -1.51. The second-order valence-corrected chi connectivity index (χ2v) is 5.45. The van der Waals surface area contributed by atoms with Gasteiger partial charge in [0.05, 0.1) is 12.5 Å². The zero-order chi connectivity index (χ0) is 13.8. The number of ether oxygens (including phenoxy) is 2. The summed E-state index contributed by atoms with van der Waals surface area (Å²) >= 11 is 0. The van der Waals surface area contributed by atoms with Crippen molar-refractivity contribution in [3.63, 3.8) is 0 Å². The van der Waals surface area contributed by atoms with Crippen LogP contribution in [0.2, 0.25) is 0 Å². The summed E-state index contributed by atoms with van der Waals surface area (Å²) in [5, 5.41) is 11.7. The van der Waals surface area contributed by atoms with Crippen LogP contribution in [0.15, 0.2) is 0 Å². The van der Waals surface area contributed by atoms with Gasteiger partial charge in [-0.15, -0.1) is 0 Å². The molecule has 0 radical (unpaired) electrons. The summed E-state index contributed by atoms with van der Waals surface area (Å²) < 4.78 is 10.3. The van der Waals surface area contributed by atoms with Crippen molar-refractivity contribution in [1.82, 2.24) is 5.32 Å². The van der Waals surface area contributed by atoms with E-state index >= 15 is 0 Å². The number of carboxylic acids is 1. The van der Waals surface area contributed by atoms with Gasteiger partial charge >= 0.3 is 12.1 Å². The summed E-state index contributed by atoms with van der Waals surface area (Å²) in [6.07, 6.45) is -0.0482. The molecule has 2 unspecified atom stereocenters. The van der Waals surface area contributed by atoms with E-state index in [0.717, 1.165) is 0 Å². The van der Waals surface area contributed by atoms with Crippen LogP contribution < -0.4 is 5.32 Å². The van der Waals surface area contributed by atoms with E-state index in [-0.39, 0.29) is 12.5 Å². The summed E-state index contributed by atoms with van der Waals surface area (Å²) in [6, 6.07) is 0. The summed E-state index contributed by atoms with van der Waals surface area (Å²) in [6.45, 7) is 6.39. The third-order valence-electron chi connectivity index (χ3n) is 2.70. The van der Waals surface area contributed by atoms with Crippen molar-refractivity contribution in [3.05, 3.63) is 0 Å². The fraction of sp³-hybridized carbons (Fsp3) is 0.833. The highest BCUT2D eigenvalue weighted by Gasteiger charge is 2.32. The van der Waals surface area contributed by atoms with Crippen LogP contribution in [0.25, 0.3) is 0 Å². The van der Waals surface area contributed by atoms with E-state index in [9.17, 15) is 9.59 Å². The van der Waals surface area contributed by atoms with Crippen molar-refractivity contribution >= 4 is 12.1 Å². The van der Waals surface area contributed by atoms with Gasteiger partial charge in [0.15, 0.2) is 0 Å². The molecule has 1 amide bonds. The maximum Gasteiger partial charge on any atom is 0.407 e. The maximum atomic E-state index is 11.5. The highest BCUT2D eigenvalue weighted by Crippen LogP contribution is 2.21. The molecule has 2 atom stereocenters. The van der Waals surface area contributed by atoms with Crippen LogP contribution >= 0.6 is 0 Å². The van der Waals surface area contributed by atoms with Gasteiger partial charge in [-0.3, -0.25) is 4.79 Å². The molecule has 2 N–H and O–H groups in total. The number of hydrogen-bond acceptors (Lipinski definition) is 4. The highest BCUT2D eigenvalue weighted by molar-refractivity contribution is 5.71. The molecule has 18 heavy (non-hydrogen) atoms. The summed E-state index contributed by atoms with van der Waals surface area (Å²) in [5.41, 5.74) is -0.556. The quantitative estimate of drug-likeness (QED) is 0.796. The third kappa shape index (κ3) is 4.91. The van der Waals surface area contributed by atoms with E-state index in [1.165, 1.54) is 0 Å². The normalized spacial score (nSPS) is 24.4. The first-order chi connectivity index (χ1) is 8.29. The number of hydrogen-bond donors (Lipinski definition) is 2. The molecule has 0 aliphatic carbocycles. The summed E-state index contributed by atoms with van der Waals surface area (Å²) in [7, 11) is 0. The molecule has 1 fully saturated rings. The molecule has 0 saturated carbocycles. The Bertz CT molecular complexity index is 310. The predicted octanol–water partition coefficient (Wildman–Crippen LogP) is 1.25. The topological polar surface area (TPSA) is 84.9 Å². The van der Waals surface area contributed by atoms with Gasteiger partial charge in [-0.05, 0) is 27.2 Å². The number of amides is 1. The molecule has 0 aromatic rings. The van der Waals surface area contributed by atoms with Gasteiger partial charge in [0.2, 0.25) is 0 Å². The zero-order valence-electron chi connectivity index (χ0n) is 11.1. The second kappa shape index (κ2) is 6.04. The fourth-order valence-corrected chi connectivity index (χ4v) is 1.85. The van der Waals surface area contributed by atoms with Gasteiger partial charge in [0.1, 0.15) is 5.60 Å². The monoisotopic (exact) mass is 259 g/mol. The van der Waals surface area contributed by atoms with Crippen LogP contribution in [-0.2, 0) is 14.3 Å². The van der Waals surface area contributed by atoms with Gasteiger partial charge < -0.3 is 19.9 Å². The Morgan fingerprint density at radius 3 is 2.67 bits per heavy atom. The number of aliphatic carboxylic acids is 1. The average molecular weight is 259 g/mol. The van der Waals surface area contributed by atoms with Gasteiger partial charge in [-0.25, -0.2) is 4.79 Å². The van der Waals surface area contributed by atoms with Crippen molar-refractivity contribution in [1.29, 1.82) is 0 Å². The first-order valence-corrected chi connectivity index (χ1v) is 6.07. The Balaban J connectivity index is 2.41. The van der Waals surface area contributed by atoms with E-state index in [4.69, 9.17) is 14.6 Å². The number of carboxylic acid groups (broad SMARTS) is 1. The van der Waals surface area contributed by atoms with Crippen molar-refractivity contribution < 1.29 is 24.2 Å². The van der Waals surface area contributed by atoms with Gasteiger partial charge in [0.25, 0.3) is 0 Å². The van der Waals surface area contributed by atoms with E-state index in [1.54, 1.807) is 20.8 Å². The lowest BCUT2D eigenvalue weighted by Crippen LogP contribution is -2.42. The third-order valence-corrected chi connectivity index (χ3v) is 2.70. The Kier molecular flexibility index (Phi) is 4.95. The van der Waals surface area contributed by atoms with Crippen molar-refractivity contribution in [2.45, 2.75) is 32.8 Å². The van der Waals surface area contributed by atoms with Crippen LogP contribution in [0, 0.1) is 11.8 Å². The fourth-order valence-electron chi connectivity index (χ4n) is 1.85. The van der Waals surface area contributed by atoms with E-state index in [0.29, 0.717) is 19.6 Å². The minimum absolute atomic E-state index is 0.205. The van der Waals surface area contributed by atoms with Crippen molar-refractivity contribution in [3.8, 4) is 0 Å². The lowest BCUT2D eigenvalue weighted by Gasteiger charge is -2.29. The molecule has 104 valence electrons. The maximum absolute atomic E-state index is 11.5. The van der Waals surface area contributed by atoms with E-state index in [1.807, 2.05) is 0 Å². The largest absolute Gasteiger partial charge is 0.481 e. The molecule has 0 aromatic heterocycles. The number of rotatable bonds is 3. The minimum Gasteiger partial charge on any atom is -0.481 e. The molecular formula is C12H21NO5. The van der Waals surface area contributed by atoms with Gasteiger partial charge in [-0.1, -0.05) is 0 Å². The lowest BCUT2D eigenvalue weighted by molar-refractivity contribution is -0.148. The van der Waals surface area contributed by atoms with Crippen LogP contribution in [0.1, 0.15) is 27.2 Å². The number of nitrogens with one attached hydrogen (secondary N) is 1. The standard InChI is InChI=1S/C12H21NO5/c1-12(2,3)18-11(16)13-6-8-7-17-5-4-9(8)10(14)15/h8-9H,4-7H2,1-3H3,(H,13,16)(H,14,15). The molecule has 6 heteroatoms. The first-order valence-electron chi connectivity index (χ1n) is 6.07. The number of carbonyl (C=O) groups is 2. The van der Waals surface area contributed by atoms with Gasteiger partial charge in [0, 0.05) is 19.1 Å². The Hall–Kier alpha value is -1.30. The molecule has 0 bridgehead atoms. The van der Waals surface area contributed by atoms with Crippen LogP contribution in [0.4, 0.5) is 4.79 Å². The molecule has 0 aromatic carbocycles. The van der Waals surface area contributed by atoms with Crippen molar-refractivity contribution in [2.24, 2.45) is 11.8 Å². The molecular weight excluding hydrogens is 238 g/mol. The van der Waals surface area contributed by atoms with E-state index in [2.05, 4.69) is 5.32 Å². The predicted molar refractivity (Wildman–Crippen MR) is 64.3 cm³/mol. The molecule has 1 aliphatic rings. The Labute approximate surface area is 107 Å². The van der Waals surface area contributed by atoms with Crippen LogP contribution in [0.3, 0.4) is 0 Å². The molecule has 1 aliphatic heterocycles. The zero-order valence-corrected chi connectivity index (χ0v) is 11.1. The number of carbonyl (C=O) groups excluding carboxylic acids is 1. The smallest absolute Gasteiger partial charge is 0.407 e. The van der Waals surface area contributed by atoms with Crippen molar-refractivity contribution in [2.75, 3.05) is 19.8 Å².